The van der Waals surface area contributed by atoms with Crippen LogP contribution < -0.4 is 11.1 Å². The summed E-state index contributed by atoms with van der Waals surface area (Å²) in [4.78, 5) is 16.7. The van der Waals surface area contributed by atoms with Gasteiger partial charge in [-0.05, 0) is 43.2 Å². The molecule has 0 saturated carbocycles. The number of hydrogen-bond donors (Lipinski definition) is 2. The fraction of sp³-hybridized carbons (Fsp3) is 0.300. The summed E-state index contributed by atoms with van der Waals surface area (Å²) < 4.78 is 15.3. The second kappa shape index (κ2) is 8.10. The SMILES string of the molecule is CC(N)CCC(=O)NC(Cn1cnc2ccccc21)c1ccc(F)cc1. The second-order valence-corrected chi connectivity index (χ2v) is 6.57. The van der Waals surface area contributed by atoms with Crippen molar-refractivity contribution >= 4 is 16.9 Å². The number of halogens is 1. The van der Waals surface area contributed by atoms with Crippen LogP contribution in [0.1, 0.15) is 31.4 Å². The molecule has 3 rings (SSSR count). The molecule has 26 heavy (non-hydrogen) atoms. The van der Waals surface area contributed by atoms with E-state index in [4.69, 9.17) is 5.73 Å². The molecule has 0 fully saturated rings. The Kier molecular flexibility index (Phi) is 5.63. The number of nitrogens with one attached hydrogen (secondary N) is 1. The minimum atomic E-state index is -0.302. The highest BCUT2D eigenvalue weighted by atomic mass is 19.1. The number of hydrogen-bond acceptors (Lipinski definition) is 3. The van der Waals surface area contributed by atoms with Gasteiger partial charge in [-0.25, -0.2) is 9.37 Å². The van der Waals surface area contributed by atoms with E-state index in [0.717, 1.165) is 16.6 Å². The van der Waals surface area contributed by atoms with Gasteiger partial charge in [-0.3, -0.25) is 4.79 Å². The molecule has 6 heteroatoms. The van der Waals surface area contributed by atoms with E-state index in [1.54, 1.807) is 18.5 Å². The van der Waals surface area contributed by atoms with Gasteiger partial charge < -0.3 is 15.6 Å². The molecule has 2 aromatic carbocycles. The van der Waals surface area contributed by atoms with Gasteiger partial charge in [0.25, 0.3) is 0 Å². The van der Waals surface area contributed by atoms with Gasteiger partial charge in [-0.1, -0.05) is 24.3 Å². The minimum Gasteiger partial charge on any atom is -0.347 e. The maximum atomic E-state index is 13.3. The quantitative estimate of drug-likeness (QED) is 0.684. The Morgan fingerprint density at radius 3 is 2.69 bits per heavy atom. The van der Waals surface area contributed by atoms with Crippen molar-refractivity contribution in [2.45, 2.75) is 38.4 Å². The lowest BCUT2D eigenvalue weighted by molar-refractivity contribution is -0.122. The minimum absolute atomic E-state index is 0.0254. The van der Waals surface area contributed by atoms with E-state index in [1.165, 1.54) is 12.1 Å². The van der Waals surface area contributed by atoms with Crippen molar-refractivity contribution in [2.24, 2.45) is 5.73 Å². The first-order valence-corrected chi connectivity index (χ1v) is 8.73. The monoisotopic (exact) mass is 354 g/mol. The van der Waals surface area contributed by atoms with Gasteiger partial charge in [0.15, 0.2) is 0 Å². The number of fused-ring (bicyclic) bond motifs is 1. The molecule has 2 atom stereocenters. The Morgan fingerprint density at radius 1 is 1.23 bits per heavy atom. The summed E-state index contributed by atoms with van der Waals surface area (Å²) >= 11 is 0. The van der Waals surface area contributed by atoms with Gasteiger partial charge in [-0.15, -0.1) is 0 Å². The van der Waals surface area contributed by atoms with Crippen LogP contribution in [-0.2, 0) is 11.3 Å². The summed E-state index contributed by atoms with van der Waals surface area (Å²) in [5, 5.41) is 3.05. The third-order valence-corrected chi connectivity index (χ3v) is 4.34. The number of amides is 1. The standard InChI is InChI=1S/C20H23FN4O/c1-14(22)6-11-20(26)24-18(15-7-9-16(21)10-8-15)12-25-13-23-17-4-2-3-5-19(17)25/h2-5,7-10,13-14,18H,6,11-12,22H2,1H3,(H,24,26). The number of carbonyl (C=O) groups is 1. The number of rotatable bonds is 7. The third-order valence-electron chi connectivity index (χ3n) is 4.34. The molecule has 136 valence electrons. The van der Waals surface area contributed by atoms with Crippen LogP contribution in [0.3, 0.4) is 0 Å². The summed E-state index contributed by atoms with van der Waals surface area (Å²) in [7, 11) is 0. The Morgan fingerprint density at radius 2 is 1.96 bits per heavy atom. The summed E-state index contributed by atoms with van der Waals surface area (Å²) in [6.07, 6.45) is 2.74. The number of benzene rings is 2. The molecule has 0 aliphatic heterocycles. The average Bonchev–Trinajstić information content (AvgIpc) is 3.03. The average molecular weight is 354 g/mol. The fourth-order valence-electron chi connectivity index (χ4n) is 2.91. The molecule has 0 aliphatic carbocycles. The van der Waals surface area contributed by atoms with Crippen molar-refractivity contribution in [3.63, 3.8) is 0 Å². The topological polar surface area (TPSA) is 72.9 Å². The lowest BCUT2D eigenvalue weighted by atomic mass is 10.1. The van der Waals surface area contributed by atoms with Crippen molar-refractivity contribution in [1.82, 2.24) is 14.9 Å². The highest BCUT2D eigenvalue weighted by Crippen LogP contribution is 2.20. The van der Waals surface area contributed by atoms with Crippen molar-refractivity contribution in [2.75, 3.05) is 0 Å². The number of aromatic nitrogens is 2. The third kappa shape index (κ3) is 4.46. The van der Waals surface area contributed by atoms with E-state index in [9.17, 15) is 9.18 Å². The fourth-order valence-corrected chi connectivity index (χ4v) is 2.91. The van der Waals surface area contributed by atoms with Crippen LogP contribution in [0, 0.1) is 5.82 Å². The van der Waals surface area contributed by atoms with Crippen LogP contribution in [0.5, 0.6) is 0 Å². The summed E-state index contributed by atoms with van der Waals surface area (Å²) in [5.74, 6) is -0.370. The number of carbonyl (C=O) groups excluding carboxylic acids is 1. The summed E-state index contributed by atoms with van der Waals surface area (Å²) in [6.45, 7) is 2.39. The Labute approximate surface area is 152 Å². The molecule has 0 radical (unpaired) electrons. The van der Waals surface area contributed by atoms with E-state index in [1.807, 2.05) is 35.8 Å². The van der Waals surface area contributed by atoms with Crippen LogP contribution in [0.15, 0.2) is 54.9 Å². The van der Waals surface area contributed by atoms with E-state index < -0.39 is 0 Å². The van der Waals surface area contributed by atoms with Crippen LogP contribution in [0.2, 0.25) is 0 Å². The molecule has 1 heterocycles. The number of imidazole rings is 1. The lowest BCUT2D eigenvalue weighted by Crippen LogP contribution is -2.32. The molecule has 2 unspecified atom stereocenters. The van der Waals surface area contributed by atoms with Gasteiger partial charge in [0.05, 0.1) is 23.4 Å². The highest BCUT2D eigenvalue weighted by molar-refractivity contribution is 5.77. The highest BCUT2D eigenvalue weighted by Gasteiger charge is 2.17. The molecule has 5 nitrogen and oxygen atoms in total. The zero-order chi connectivity index (χ0) is 18.5. The second-order valence-electron chi connectivity index (χ2n) is 6.57. The van der Waals surface area contributed by atoms with Crippen molar-refractivity contribution in [3.8, 4) is 0 Å². The van der Waals surface area contributed by atoms with Crippen LogP contribution in [0.4, 0.5) is 4.39 Å². The van der Waals surface area contributed by atoms with E-state index in [-0.39, 0.29) is 23.8 Å². The van der Waals surface area contributed by atoms with E-state index in [0.29, 0.717) is 19.4 Å². The van der Waals surface area contributed by atoms with Crippen LogP contribution >= 0.6 is 0 Å². The first kappa shape index (κ1) is 18.1. The zero-order valence-corrected chi connectivity index (χ0v) is 14.7. The summed E-state index contributed by atoms with van der Waals surface area (Å²) in [6, 6.07) is 13.7. The van der Waals surface area contributed by atoms with Crippen molar-refractivity contribution < 1.29 is 9.18 Å². The van der Waals surface area contributed by atoms with Gasteiger partial charge in [0, 0.05) is 19.0 Å². The normalized spacial score (nSPS) is 13.5. The lowest BCUT2D eigenvalue weighted by Gasteiger charge is -2.21. The largest absolute Gasteiger partial charge is 0.347 e. The smallest absolute Gasteiger partial charge is 0.220 e. The van der Waals surface area contributed by atoms with E-state index in [2.05, 4.69) is 10.3 Å². The Balaban J connectivity index is 1.82. The number of nitrogens with two attached hydrogens (primary N) is 1. The first-order valence-electron chi connectivity index (χ1n) is 8.73. The molecule has 3 N–H and O–H groups in total. The molecular weight excluding hydrogens is 331 g/mol. The maximum absolute atomic E-state index is 13.3. The first-order chi connectivity index (χ1) is 12.5. The number of nitrogens with zero attached hydrogens (tertiary/aromatic N) is 2. The van der Waals surface area contributed by atoms with Crippen LogP contribution in [-0.4, -0.2) is 21.5 Å². The van der Waals surface area contributed by atoms with Gasteiger partial charge in [-0.2, -0.15) is 0 Å². The predicted molar refractivity (Wildman–Crippen MR) is 99.9 cm³/mol. The molecule has 0 spiro atoms. The Bertz CT molecular complexity index is 873. The molecule has 3 aromatic rings. The van der Waals surface area contributed by atoms with Gasteiger partial charge in [0.2, 0.25) is 5.91 Å². The Hall–Kier alpha value is -2.73. The molecule has 0 aliphatic rings. The zero-order valence-electron chi connectivity index (χ0n) is 14.7. The molecule has 0 bridgehead atoms. The van der Waals surface area contributed by atoms with Gasteiger partial charge >= 0.3 is 0 Å². The van der Waals surface area contributed by atoms with Crippen LogP contribution in [0.25, 0.3) is 11.0 Å². The summed E-state index contributed by atoms with van der Waals surface area (Å²) in [5.41, 5.74) is 8.47. The van der Waals surface area contributed by atoms with Gasteiger partial charge in [0.1, 0.15) is 5.82 Å². The molecule has 1 amide bonds. The molecule has 1 aromatic heterocycles. The van der Waals surface area contributed by atoms with Crippen molar-refractivity contribution in [1.29, 1.82) is 0 Å². The van der Waals surface area contributed by atoms with E-state index >= 15 is 0 Å². The number of para-hydroxylation sites is 2. The molecule has 0 saturated heterocycles. The predicted octanol–water partition coefficient (Wildman–Crippen LogP) is 3.16. The van der Waals surface area contributed by atoms with Crippen molar-refractivity contribution in [3.05, 3.63) is 66.2 Å². The maximum Gasteiger partial charge on any atom is 0.220 e. The molecular formula is C20H23FN4O.